The molecule has 0 N–H and O–H groups in total. The van der Waals surface area contributed by atoms with Crippen LogP contribution in [0, 0.1) is 28.6 Å². The molecular weight excluding hydrogens is 725 g/mol. The van der Waals surface area contributed by atoms with E-state index >= 15 is 0 Å². The van der Waals surface area contributed by atoms with Gasteiger partial charge in [0.2, 0.25) is 0 Å². The molecule has 2 aliphatic rings. The zero-order chi connectivity index (χ0) is 41.2. The highest BCUT2D eigenvalue weighted by atomic mass is 28.4. The highest BCUT2D eigenvalue weighted by Crippen LogP contribution is 2.55. The van der Waals surface area contributed by atoms with Crippen LogP contribution in [0.25, 0.3) is 0 Å². The van der Waals surface area contributed by atoms with Gasteiger partial charge in [0.25, 0.3) is 8.32 Å². The average molecular weight is 799 g/mol. The number of ether oxygens (including phenoxy) is 3. The fraction of sp³-hybridized carbons (Fsp3) is 0.592. The Kier molecular flexibility index (Phi) is 13.6. The Balaban J connectivity index is 1.70. The van der Waals surface area contributed by atoms with Crippen LogP contribution in [0.3, 0.4) is 0 Å². The molecule has 5 rings (SSSR count). The Bertz CT molecular complexity index is 1660. The van der Waals surface area contributed by atoms with Crippen molar-refractivity contribution in [2.45, 2.75) is 137 Å². The second-order valence-electron chi connectivity index (χ2n) is 20.7. The van der Waals surface area contributed by atoms with Gasteiger partial charge in [-0.05, 0) is 76.6 Å². The molecule has 0 bridgehead atoms. The highest BCUT2D eigenvalue weighted by molar-refractivity contribution is 6.99. The first kappa shape index (κ1) is 44.7. The molecule has 0 unspecified atom stereocenters. The van der Waals surface area contributed by atoms with Crippen LogP contribution >= 0.6 is 0 Å². The first-order valence-corrected chi connectivity index (χ1v) is 25.9. The van der Waals surface area contributed by atoms with E-state index in [-0.39, 0.29) is 50.9 Å². The number of rotatable bonds is 14. The topological polar surface area (TPSA) is 46.2 Å². The molecule has 3 aromatic carbocycles. The molecule has 5 nitrogen and oxygen atoms in total. The maximum absolute atomic E-state index is 7.95. The predicted molar refractivity (Wildman–Crippen MR) is 238 cm³/mol. The fourth-order valence-electron chi connectivity index (χ4n) is 9.22. The van der Waals surface area contributed by atoms with Crippen molar-refractivity contribution in [3.63, 3.8) is 0 Å². The molecular formula is C49H74O5Si2. The number of hydrogen-bond acceptors (Lipinski definition) is 5. The molecule has 3 aromatic rings. The Labute approximate surface area is 343 Å². The van der Waals surface area contributed by atoms with Gasteiger partial charge in [0.05, 0.1) is 32.0 Å². The Morgan fingerprint density at radius 3 is 1.82 bits per heavy atom. The number of benzene rings is 3. The molecule has 0 radical (unpaired) electrons. The lowest BCUT2D eigenvalue weighted by Gasteiger charge is -2.59. The second-order valence-corrected chi connectivity index (χ2v) is 29.7. The van der Waals surface area contributed by atoms with Gasteiger partial charge in [0, 0.05) is 24.4 Å². The number of hydrogen-bond donors (Lipinski definition) is 0. The van der Waals surface area contributed by atoms with Gasteiger partial charge < -0.3 is 23.1 Å². The summed E-state index contributed by atoms with van der Waals surface area (Å²) in [4.78, 5) is 0. The SMILES string of the molecule is C=CC(C)(C)[C@H]1COC(C)(C)O[C@@H]1[C@@H]1[C@H](CO[Si](c2ccccc2)(c2ccccc2)C(C)(C)C)[C@@H](O[Si](C)(C)C(C)(C)C)CC[C@@]1(C)COCc1ccccc1. The summed E-state index contributed by atoms with van der Waals surface area (Å²) in [5, 5.41) is 2.46. The van der Waals surface area contributed by atoms with E-state index in [4.69, 9.17) is 23.1 Å². The van der Waals surface area contributed by atoms with Crippen LogP contribution in [-0.4, -0.2) is 54.5 Å². The van der Waals surface area contributed by atoms with E-state index in [1.165, 1.54) is 15.9 Å². The molecule has 1 saturated carbocycles. The third-order valence-corrected chi connectivity index (χ3v) is 23.2. The van der Waals surface area contributed by atoms with Gasteiger partial charge in [-0.3, -0.25) is 0 Å². The zero-order valence-corrected chi connectivity index (χ0v) is 39.1. The lowest BCUT2D eigenvalue weighted by Crippen LogP contribution is -2.68. The zero-order valence-electron chi connectivity index (χ0n) is 37.1. The van der Waals surface area contributed by atoms with Gasteiger partial charge >= 0.3 is 0 Å². The molecule has 1 heterocycles. The molecule has 1 aliphatic heterocycles. The lowest BCUT2D eigenvalue weighted by molar-refractivity contribution is -0.328. The molecule has 308 valence electrons. The van der Waals surface area contributed by atoms with E-state index in [1.807, 2.05) is 0 Å². The monoisotopic (exact) mass is 799 g/mol. The van der Waals surface area contributed by atoms with E-state index in [0.29, 0.717) is 26.4 Å². The predicted octanol–water partition coefficient (Wildman–Crippen LogP) is 11.2. The summed E-state index contributed by atoms with van der Waals surface area (Å²) >= 11 is 0. The van der Waals surface area contributed by atoms with Crippen molar-refractivity contribution in [3.8, 4) is 0 Å². The van der Waals surface area contributed by atoms with Crippen molar-refractivity contribution in [3.05, 3.63) is 109 Å². The molecule has 6 atom stereocenters. The maximum Gasteiger partial charge on any atom is 0.261 e. The van der Waals surface area contributed by atoms with Gasteiger partial charge in [-0.1, -0.05) is 159 Å². The molecule has 1 saturated heterocycles. The van der Waals surface area contributed by atoms with Crippen molar-refractivity contribution >= 4 is 27.0 Å². The molecule has 1 aliphatic carbocycles. The van der Waals surface area contributed by atoms with Crippen molar-refractivity contribution in [2.75, 3.05) is 19.8 Å². The third kappa shape index (κ3) is 9.57. The van der Waals surface area contributed by atoms with E-state index < -0.39 is 22.4 Å². The summed E-state index contributed by atoms with van der Waals surface area (Å²) in [6.07, 6.45) is 3.83. The molecule has 0 amide bonds. The summed E-state index contributed by atoms with van der Waals surface area (Å²) in [7, 11) is -5.11. The van der Waals surface area contributed by atoms with Crippen LogP contribution in [0.4, 0.5) is 0 Å². The van der Waals surface area contributed by atoms with Gasteiger partial charge in [-0.2, -0.15) is 0 Å². The van der Waals surface area contributed by atoms with Crippen LogP contribution in [0.1, 0.15) is 94.6 Å². The smallest absolute Gasteiger partial charge is 0.261 e. The maximum atomic E-state index is 7.95. The van der Waals surface area contributed by atoms with E-state index in [1.54, 1.807) is 0 Å². The molecule has 56 heavy (non-hydrogen) atoms. The quantitative estimate of drug-likeness (QED) is 0.120. The molecule has 0 spiro atoms. The first-order chi connectivity index (χ1) is 26.1. The Hall–Kier alpha value is -2.37. The normalized spacial score (nSPS) is 26.5. The molecule has 2 fully saturated rings. The first-order valence-electron chi connectivity index (χ1n) is 21.1. The van der Waals surface area contributed by atoms with E-state index in [0.717, 1.165) is 12.8 Å². The van der Waals surface area contributed by atoms with Crippen molar-refractivity contribution in [1.29, 1.82) is 0 Å². The Morgan fingerprint density at radius 1 is 0.786 bits per heavy atom. The summed E-state index contributed by atoms with van der Waals surface area (Å²) < 4.78 is 36.2. The lowest BCUT2D eigenvalue weighted by atomic mass is 9.56. The van der Waals surface area contributed by atoms with Crippen molar-refractivity contribution in [2.24, 2.45) is 28.6 Å². The average Bonchev–Trinajstić information content (AvgIpc) is 3.12. The van der Waals surface area contributed by atoms with Crippen molar-refractivity contribution in [1.82, 2.24) is 0 Å². The minimum atomic E-state index is -2.90. The molecule has 7 heteroatoms. The van der Waals surface area contributed by atoms with Crippen LogP contribution in [0.5, 0.6) is 0 Å². The summed E-state index contributed by atoms with van der Waals surface area (Å²) in [5.41, 5.74) is 0.696. The highest BCUT2D eigenvalue weighted by Gasteiger charge is 2.59. The van der Waals surface area contributed by atoms with Crippen LogP contribution < -0.4 is 10.4 Å². The van der Waals surface area contributed by atoms with Crippen LogP contribution in [-0.2, 0) is 29.7 Å². The Morgan fingerprint density at radius 2 is 1.32 bits per heavy atom. The largest absolute Gasteiger partial charge is 0.414 e. The number of allylic oxidation sites excluding steroid dienone is 1. The summed E-state index contributed by atoms with van der Waals surface area (Å²) in [6.45, 7) is 36.8. The van der Waals surface area contributed by atoms with Crippen LogP contribution in [0.15, 0.2) is 104 Å². The van der Waals surface area contributed by atoms with Crippen LogP contribution in [0.2, 0.25) is 23.2 Å². The fourth-order valence-corrected chi connectivity index (χ4v) is 15.2. The van der Waals surface area contributed by atoms with E-state index in [9.17, 15) is 0 Å². The minimum absolute atomic E-state index is 0.0108. The van der Waals surface area contributed by atoms with Gasteiger partial charge in [-0.15, -0.1) is 6.58 Å². The van der Waals surface area contributed by atoms with Crippen molar-refractivity contribution < 1.29 is 23.1 Å². The van der Waals surface area contributed by atoms with E-state index in [2.05, 4.69) is 193 Å². The van der Waals surface area contributed by atoms with Gasteiger partial charge in [0.15, 0.2) is 14.1 Å². The second kappa shape index (κ2) is 17.1. The third-order valence-electron chi connectivity index (χ3n) is 13.7. The van der Waals surface area contributed by atoms with Gasteiger partial charge in [0.1, 0.15) is 0 Å². The summed E-state index contributed by atoms with van der Waals surface area (Å²) in [6, 6.07) is 32.6. The molecule has 0 aromatic heterocycles. The standard InChI is InChI=1S/C49H74O5Si2/c1-15-47(8,9)41-35-51-48(10,11)53-44(41)43-40(34-52-56(46(5,6)7,38-27-21-17-22-28-38)39-29-23-18-24-30-39)42(54-55(13,14)45(2,3)4)31-32-49(43,12)36-50-33-37-25-19-16-20-26-37/h15-30,40-44H,1,31-36H2,2-14H3/t40-,41+,42+,43+,44+,49+/m1/s1. The minimum Gasteiger partial charge on any atom is -0.414 e. The summed E-state index contributed by atoms with van der Waals surface area (Å²) in [5.74, 6) is -0.631. The van der Waals surface area contributed by atoms with Gasteiger partial charge in [-0.25, -0.2) is 0 Å².